The summed E-state index contributed by atoms with van der Waals surface area (Å²) >= 11 is 0. The first-order valence-corrected chi connectivity index (χ1v) is 9.23. The van der Waals surface area contributed by atoms with Gasteiger partial charge in [-0.05, 0) is 38.3 Å². The van der Waals surface area contributed by atoms with Gasteiger partial charge in [0.25, 0.3) is 0 Å². The maximum absolute atomic E-state index is 11.9. The van der Waals surface area contributed by atoms with E-state index in [9.17, 15) is 4.79 Å². The second-order valence-corrected chi connectivity index (χ2v) is 6.09. The first-order chi connectivity index (χ1) is 12.2. The summed E-state index contributed by atoms with van der Waals surface area (Å²) in [6.45, 7) is 7.91. The SMILES string of the molecule is CCNC(=NCC1CC(=O)Nc2ccccc21)NCCCCOCC.I. The van der Waals surface area contributed by atoms with Gasteiger partial charge in [-0.2, -0.15) is 0 Å². The highest BCUT2D eigenvalue weighted by molar-refractivity contribution is 14.0. The van der Waals surface area contributed by atoms with Crippen LogP contribution in [0.1, 0.15) is 44.6 Å². The molecule has 146 valence electrons. The van der Waals surface area contributed by atoms with Gasteiger partial charge in [-0.3, -0.25) is 9.79 Å². The van der Waals surface area contributed by atoms with Gasteiger partial charge < -0.3 is 20.7 Å². The van der Waals surface area contributed by atoms with E-state index in [4.69, 9.17) is 4.74 Å². The van der Waals surface area contributed by atoms with Crippen molar-refractivity contribution in [3.05, 3.63) is 29.8 Å². The summed E-state index contributed by atoms with van der Waals surface area (Å²) in [4.78, 5) is 16.6. The first-order valence-electron chi connectivity index (χ1n) is 9.23. The number of anilines is 1. The van der Waals surface area contributed by atoms with Crippen LogP contribution in [-0.4, -0.2) is 44.7 Å². The van der Waals surface area contributed by atoms with Crippen LogP contribution in [0.2, 0.25) is 0 Å². The number of guanidine groups is 1. The number of aliphatic imine (C=N–C) groups is 1. The third kappa shape index (κ3) is 7.49. The van der Waals surface area contributed by atoms with Gasteiger partial charge in [0, 0.05) is 44.3 Å². The number of nitrogens with zero attached hydrogens (tertiary/aromatic N) is 1. The van der Waals surface area contributed by atoms with E-state index in [-0.39, 0.29) is 35.8 Å². The van der Waals surface area contributed by atoms with Gasteiger partial charge in [0.2, 0.25) is 5.91 Å². The molecule has 2 rings (SSSR count). The van der Waals surface area contributed by atoms with Gasteiger partial charge in [0.1, 0.15) is 0 Å². The van der Waals surface area contributed by atoms with E-state index in [0.717, 1.165) is 50.8 Å². The molecular weight excluding hydrogens is 443 g/mol. The number of carbonyl (C=O) groups excluding carboxylic acids is 1. The second kappa shape index (κ2) is 12.9. The molecule has 0 aliphatic carbocycles. The van der Waals surface area contributed by atoms with Crippen molar-refractivity contribution in [1.82, 2.24) is 10.6 Å². The van der Waals surface area contributed by atoms with Crippen LogP contribution in [0.5, 0.6) is 0 Å². The molecule has 0 fully saturated rings. The number of nitrogens with one attached hydrogen (secondary N) is 3. The van der Waals surface area contributed by atoms with Crippen molar-refractivity contribution in [1.29, 1.82) is 0 Å². The molecule has 1 atom stereocenters. The minimum Gasteiger partial charge on any atom is -0.382 e. The van der Waals surface area contributed by atoms with Crippen molar-refractivity contribution in [2.45, 2.75) is 39.0 Å². The number of halogens is 1. The topological polar surface area (TPSA) is 74.8 Å². The zero-order valence-electron chi connectivity index (χ0n) is 15.7. The molecule has 7 heteroatoms. The van der Waals surface area contributed by atoms with Gasteiger partial charge in [-0.1, -0.05) is 18.2 Å². The largest absolute Gasteiger partial charge is 0.382 e. The lowest BCUT2D eigenvalue weighted by atomic mass is 9.91. The van der Waals surface area contributed by atoms with Gasteiger partial charge in [0.15, 0.2) is 5.96 Å². The Labute approximate surface area is 173 Å². The lowest BCUT2D eigenvalue weighted by molar-refractivity contribution is -0.116. The molecule has 1 unspecified atom stereocenters. The van der Waals surface area contributed by atoms with Crippen molar-refractivity contribution < 1.29 is 9.53 Å². The summed E-state index contributed by atoms with van der Waals surface area (Å²) in [7, 11) is 0. The molecule has 0 bridgehead atoms. The Morgan fingerprint density at radius 2 is 2.08 bits per heavy atom. The highest BCUT2D eigenvalue weighted by Gasteiger charge is 2.24. The third-order valence-electron chi connectivity index (χ3n) is 4.13. The molecule has 3 N–H and O–H groups in total. The zero-order chi connectivity index (χ0) is 17.9. The van der Waals surface area contributed by atoms with E-state index in [2.05, 4.69) is 33.9 Å². The van der Waals surface area contributed by atoms with Gasteiger partial charge in [0.05, 0.1) is 6.54 Å². The predicted octanol–water partition coefficient (Wildman–Crippen LogP) is 3.10. The Balaban J connectivity index is 0.00000338. The van der Waals surface area contributed by atoms with Gasteiger partial charge in [-0.25, -0.2) is 0 Å². The molecule has 6 nitrogen and oxygen atoms in total. The highest BCUT2D eigenvalue weighted by Crippen LogP contribution is 2.31. The summed E-state index contributed by atoms with van der Waals surface area (Å²) in [6.07, 6.45) is 2.56. The number of amides is 1. The molecule has 0 saturated carbocycles. The maximum Gasteiger partial charge on any atom is 0.225 e. The molecule has 1 heterocycles. The van der Waals surface area contributed by atoms with E-state index in [1.165, 1.54) is 5.56 Å². The van der Waals surface area contributed by atoms with Crippen LogP contribution in [0.4, 0.5) is 5.69 Å². The normalized spacial score (nSPS) is 16.3. The Kier molecular flexibility index (Phi) is 11.3. The molecule has 1 amide bonds. The third-order valence-corrected chi connectivity index (χ3v) is 4.13. The molecule has 1 aromatic rings. The fraction of sp³-hybridized carbons (Fsp3) is 0.579. The van der Waals surface area contributed by atoms with Crippen LogP contribution in [0.25, 0.3) is 0 Å². The number of benzene rings is 1. The van der Waals surface area contributed by atoms with Crippen LogP contribution in [0.3, 0.4) is 0 Å². The Morgan fingerprint density at radius 3 is 2.85 bits per heavy atom. The Bertz CT molecular complexity index is 580. The minimum atomic E-state index is 0. The Hall–Kier alpha value is -1.35. The summed E-state index contributed by atoms with van der Waals surface area (Å²) < 4.78 is 5.35. The van der Waals surface area contributed by atoms with Crippen LogP contribution >= 0.6 is 24.0 Å². The lowest BCUT2D eigenvalue weighted by Crippen LogP contribution is -2.38. The van der Waals surface area contributed by atoms with Crippen LogP contribution in [-0.2, 0) is 9.53 Å². The Morgan fingerprint density at radius 1 is 1.27 bits per heavy atom. The zero-order valence-corrected chi connectivity index (χ0v) is 18.0. The molecule has 0 aromatic heterocycles. The molecule has 1 aromatic carbocycles. The monoisotopic (exact) mass is 474 g/mol. The van der Waals surface area contributed by atoms with Gasteiger partial charge in [-0.15, -0.1) is 24.0 Å². The van der Waals surface area contributed by atoms with Gasteiger partial charge >= 0.3 is 0 Å². The van der Waals surface area contributed by atoms with E-state index in [1.807, 2.05) is 25.1 Å². The highest BCUT2D eigenvalue weighted by atomic mass is 127. The van der Waals surface area contributed by atoms with Crippen molar-refractivity contribution in [3.8, 4) is 0 Å². The molecule has 0 radical (unpaired) electrons. The summed E-state index contributed by atoms with van der Waals surface area (Å²) in [5.41, 5.74) is 2.08. The van der Waals surface area contributed by atoms with Crippen molar-refractivity contribution >= 4 is 41.5 Å². The minimum absolute atomic E-state index is 0. The number of carbonyl (C=O) groups is 1. The van der Waals surface area contributed by atoms with Crippen molar-refractivity contribution in [2.24, 2.45) is 4.99 Å². The molecule has 26 heavy (non-hydrogen) atoms. The number of rotatable bonds is 9. The molecule has 1 aliphatic rings. The van der Waals surface area contributed by atoms with Crippen molar-refractivity contribution in [3.63, 3.8) is 0 Å². The van der Waals surface area contributed by atoms with E-state index in [1.54, 1.807) is 0 Å². The fourth-order valence-electron chi connectivity index (χ4n) is 2.89. The summed E-state index contributed by atoms with van der Waals surface area (Å²) in [6, 6.07) is 7.97. The number of hydrogen-bond donors (Lipinski definition) is 3. The quantitative estimate of drug-likeness (QED) is 0.223. The summed E-state index contributed by atoms with van der Waals surface area (Å²) in [5.74, 6) is 0.994. The number of ether oxygens (including phenoxy) is 1. The summed E-state index contributed by atoms with van der Waals surface area (Å²) in [5, 5.41) is 9.55. The molecular formula is C19H31IN4O2. The average Bonchev–Trinajstić information content (AvgIpc) is 2.62. The maximum atomic E-state index is 11.9. The van der Waals surface area contributed by atoms with E-state index >= 15 is 0 Å². The molecule has 0 spiro atoms. The van der Waals surface area contributed by atoms with E-state index in [0.29, 0.717) is 13.0 Å². The number of unbranched alkanes of at least 4 members (excludes halogenated alkanes) is 1. The molecule has 1 aliphatic heterocycles. The number of fused-ring (bicyclic) bond motifs is 1. The van der Waals surface area contributed by atoms with E-state index < -0.39 is 0 Å². The van der Waals surface area contributed by atoms with Crippen molar-refractivity contribution in [2.75, 3.05) is 38.2 Å². The number of para-hydroxylation sites is 1. The second-order valence-electron chi connectivity index (χ2n) is 6.09. The number of hydrogen-bond acceptors (Lipinski definition) is 3. The standard InChI is InChI=1S/C19H30N4O2.HI/c1-3-20-19(21-11-7-8-12-25-4-2)22-14-15-13-18(24)23-17-10-6-5-9-16(15)17;/h5-6,9-10,15H,3-4,7-8,11-14H2,1-2H3,(H,23,24)(H2,20,21,22);1H. The average molecular weight is 474 g/mol. The van der Waals surface area contributed by atoms with Crippen LogP contribution < -0.4 is 16.0 Å². The predicted molar refractivity (Wildman–Crippen MR) is 118 cm³/mol. The lowest BCUT2D eigenvalue weighted by Gasteiger charge is -2.24. The smallest absolute Gasteiger partial charge is 0.225 e. The molecule has 0 saturated heterocycles. The van der Waals surface area contributed by atoms with Crippen LogP contribution in [0, 0.1) is 0 Å². The first kappa shape index (κ1) is 22.7. The fourth-order valence-corrected chi connectivity index (χ4v) is 2.89. The van der Waals surface area contributed by atoms with Crippen LogP contribution in [0.15, 0.2) is 29.3 Å².